The summed E-state index contributed by atoms with van der Waals surface area (Å²) in [5.74, 6) is -1.58. The zero-order valence-electron chi connectivity index (χ0n) is 23.3. The summed E-state index contributed by atoms with van der Waals surface area (Å²) >= 11 is 12.1. The van der Waals surface area contributed by atoms with Crippen LogP contribution in [-0.4, -0.2) is 67.0 Å². The predicted octanol–water partition coefficient (Wildman–Crippen LogP) is 4.90. The Morgan fingerprint density at radius 1 is 1.02 bits per heavy atom. The number of urea groups is 1. The van der Waals surface area contributed by atoms with Gasteiger partial charge in [0, 0.05) is 24.8 Å². The number of nitrogens with zero attached hydrogens (tertiary/aromatic N) is 2. The normalized spacial score (nSPS) is 16.3. The Balaban J connectivity index is 1.74. The maximum Gasteiger partial charge on any atom is 0.323 e. The third-order valence-electron chi connectivity index (χ3n) is 6.80. The predicted molar refractivity (Wildman–Crippen MR) is 162 cm³/mol. The van der Waals surface area contributed by atoms with Crippen LogP contribution in [0.1, 0.15) is 30.0 Å². The maximum absolute atomic E-state index is 14.0. The molecule has 3 aromatic rings. The molecule has 43 heavy (non-hydrogen) atoms. The number of methoxy groups -OCH3 is 1. The molecular weight excluding hydrogens is 619 g/mol. The van der Waals surface area contributed by atoms with Gasteiger partial charge in [0.2, 0.25) is 10.0 Å². The van der Waals surface area contributed by atoms with E-state index in [4.69, 9.17) is 27.9 Å². The van der Waals surface area contributed by atoms with Crippen molar-refractivity contribution >= 4 is 56.8 Å². The van der Waals surface area contributed by atoms with Crippen LogP contribution in [0.25, 0.3) is 0 Å². The molecule has 1 aliphatic rings. The van der Waals surface area contributed by atoms with E-state index in [1.54, 1.807) is 42.5 Å². The lowest BCUT2D eigenvalue weighted by Gasteiger charge is -2.42. The van der Waals surface area contributed by atoms with Gasteiger partial charge in [-0.3, -0.25) is 14.5 Å². The molecule has 11 nitrogen and oxygen atoms in total. The minimum absolute atomic E-state index is 0.00523. The molecule has 2 atom stereocenters. The molecule has 2 unspecified atom stereocenters. The van der Waals surface area contributed by atoms with Crippen LogP contribution in [-0.2, 0) is 19.6 Å². The summed E-state index contributed by atoms with van der Waals surface area (Å²) in [6, 6.07) is 15.5. The number of amides is 3. The van der Waals surface area contributed by atoms with Crippen LogP contribution < -0.4 is 15.4 Å². The number of hydrogen-bond acceptors (Lipinski definition) is 6. The monoisotopic (exact) mass is 648 g/mol. The molecule has 1 fully saturated rings. The maximum atomic E-state index is 14.0. The minimum atomic E-state index is -4.40. The molecule has 0 aromatic heterocycles. The lowest BCUT2D eigenvalue weighted by atomic mass is 10.0. The molecule has 1 heterocycles. The summed E-state index contributed by atoms with van der Waals surface area (Å²) < 4.78 is 34.0. The number of hydrogen-bond donors (Lipinski definition) is 3. The smallest absolute Gasteiger partial charge is 0.323 e. The van der Waals surface area contributed by atoms with Crippen LogP contribution in [0.5, 0.6) is 5.75 Å². The fourth-order valence-corrected chi connectivity index (χ4v) is 6.74. The fraction of sp³-hybridized carbons (Fsp3) is 0.276. The Labute approximate surface area is 259 Å². The number of sulfonamides is 1. The second-order valence-electron chi connectivity index (χ2n) is 9.85. The van der Waals surface area contributed by atoms with Crippen LogP contribution in [0.2, 0.25) is 10.0 Å². The quantitative estimate of drug-likeness (QED) is 0.299. The van der Waals surface area contributed by atoms with Crippen molar-refractivity contribution < 1.29 is 32.6 Å². The molecule has 0 radical (unpaired) electrons. The number of carbonyl (C=O) groups excluding carboxylic acids is 2. The van der Waals surface area contributed by atoms with Crippen molar-refractivity contribution in [2.75, 3.05) is 25.5 Å². The van der Waals surface area contributed by atoms with Gasteiger partial charge in [0.05, 0.1) is 34.5 Å². The topological polar surface area (TPSA) is 145 Å². The molecule has 3 amide bonds. The van der Waals surface area contributed by atoms with Crippen molar-refractivity contribution in [3.63, 3.8) is 0 Å². The summed E-state index contributed by atoms with van der Waals surface area (Å²) in [7, 11) is -2.93. The van der Waals surface area contributed by atoms with Gasteiger partial charge in [0.15, 0.2) is 6.17 Å². The minimum Gasteiger partial charge on any atom is -0.497 e. The van der Waals surface area contributed by atoms with Crippen LogP contribution in [0.3, 0.4) is 0 Å². The van der Waals surface area contributed by atoms with E-state index in [1.807, 2.05) is 13.0 Å². The molecule has 14 heteroatoms. The zero-order valence-corrected chi connectivity index (χ0v) is 25.6. The second-order valence-corrected chi connectivity index (χ2v) is 12.6. The van der Waals surface area contributed by atoms with Gasteiger partial charge in [-0.1, -0.05) is 59.1 Å². The van der Waals surface area contributed by atoms with E-state index >= 15 is 0 Å². The van der Waals surface area contributed by atoms with Crippen molar-refractivity contribution in [1.82, 2.24) is 14.5 Å². The van der Waals surface area contributed by atoms with Crippen LogP contribution in [0.4, 0.5) is 10.5 Å². The fourth-order valence-electron chi connectivity index (χ4n) is 4.76. The average Bonchev–Trinajstić information content (AvgIpc) is 2.97. The average molecular weight is 650 g/mol. The van der Waals surface area contributed by atoms with E-state index in [0.717, 1.165) is 14.8 Å². The number of benzene rings is 3. The van der Waals surface area contributed by atoms with E-state index < -0.39 is 46.6 Å². The molecule has 0 saturated carbocycles. The molecule has 3 N–H and O–H groups in total. The van der Waals surface area contributed by atoms with Gasteiger partial charge in [-0.15, -0.1) is 0 Å². The van der Waals surface area contributed by atoms with E-state index in [1.165, 1.54) is 25.3 Å². The van der Waals surface area contributed by atoms with Crippen molar-refractivity contribution in [3.05, 3.63) is 87.9 Å². The molecule has 0 aliphatic carbocycles. The van der Waals surface area contributed by atoms with Gasteiger partial charge >= 0.3 is 12.0 Å². The molecule has 1 saturated heterocycles. The highest BCUT2D eigenvalue weighted by Gasteiger charge is 2.45. The number of rotatable bonds is 9. The number of carboxylic acids is 1. The van der Waals surface area contributed by atoms with Gasteiger partial charge < -0.3 is 20.5 Å². The lowest BCUT2D eigenvalue weighted by Crippen LogP contribution is -2.64. The summed E-state index contributed by atoms with van der Waals surface area (Å²) in [4.78, 5) is 40.3. The number of aliphatic carboxylic acids is 1. The SMILES string of the molecule is COc1cccc(NC(=O)N2CCCN(S(=O)(=O)c3ccc(Cl)c(Cl)c3)C2C(=O)NC(CC(=O)O)c2cccc(C)c2)c1. The number of halogens is 2. The van der Waals surface area contributed by atoms with Crippen LogP contribution in [0, 0.1) is 6.92 Å². The van der Waals surface area contributed by atoms with Crippen LogP contribution >= 0.6 is 23.2 Å². The Kier molecular flexibility index (Phi) is 10.2. The third-order valence-corrected chi connectivity index (χ3v) is 9.39. The van der Waals surface area contributed by atoms with Gasteiger partial charge in [0.25, 0.3) is 5.91 Å². The second kappa shape index (κ2) is 13.6. The Morgan fingerprint density at radius 2 is 1.77 bits per heavy atom. The van der Waals surface area contributed by atoms with E-state index in [2.05, 4.69) is 10.6 Å². The first-order chi connectivity index (χ1) is 20.4. The van der Waals surface area contributed by atoms with Gasteiger partial charge in [-0.2, -0.15) is 4.31 Å². The highest BCUT2D eigenvalue weighted by Crippen LogP contribution is 2.30. The van der Waals surface area contributed by atoms with E-state index in [9.17, 15) is 27.9 Å². The Morgan fingerprint density at radius 3 is 2.44 bits per heavy atom. The van der Waals surface area contributed by atoms with Gasteiger partial charge in [0.1, 0.15) is 5.75 Å². The van der Waals surface area contributed by atoms with Crippen molar-refractivity contribution in [1.29, 1.82) is 0 Å². The molecular formula is C29H30Cl2N4O7S. The number of nitrogens with one attached hydrogen (secondary N) is 2. The zero-order chi connectivity index (χ0) is 31.3. The largest absolute Gasteiger partial charge is 0.497 e. The molecule has 0 spiro atoms. The standard InChI is InChI=1S/C29H30Cl2N4O7S/c1-18-6-3-7-19(14-18)25(17-26(36)37)33-27(38)28-34(29(39)32-20-8-4-9-21(15-20)42-2)12-5-13-35(28)43(40,41)22-10-11-23(30)24(31)16-22/h3-4,6-11,14-16,25,28H,5,12-13,17H2,1-2H3,(H,32,39)(H,33,38)(H,36,37). The molecule has 1 aliphatic heterocycles. The van der Waals surface area contributed by atoms with Crippen LogP contribution in [0.15, 0.2) is 71.6 Å². The number of carboxylic acid groups (broad SMARTS) is 1. The first kappa shape index (κ1) is 32.1. The number of ether oxygens (including phenoxy) is 1. The van der Waals surface area contributed by atoms with E-state index in [-0.39, 0.29) is 34.5 Å². The summed E-state index contributed by atoms with van der Waals surface area (Å²) in [5.41, 5.74) is 1.71. The van der Waals surface area contributed by atoms with Gasteiger partial charge in [-0.05, 0) is 49.2 Å². The highest BCUT2D eigenvalue weighted by atomic mass is 35.5. The van der Waals surface area contributed by atoms with Gasteiger partial charge in [-0.25, -0.2) is 13.2 Å². The number of aryl methyl sites for hydroxylation is 1. The number of carbonyl (C=O) groups is 3. The Hall–Kier alpha value is -3.84. The third kappa shape index (κ3) is 7.57. The van der Waals surface area contributed by atoms with Crippen molar-refractivity contribution in [3.8, 4) is 5.75 Å². The highest BCUT2D eigenvalue weighted by molar-refractivity contribution is 7.89. The van der Waals surface area contributed by atoms with Crippen molar-refractivity contribution in [2.24, 2.45) is 0 Å². The molecule has 4 rings (SSSR count). The molecule has 0 bridgehead atoms. The summed E-state index contributed by atoms with van der Waals surface area (Å²) in [6.45, 7) is 1.76. The lowest BCUT2D eigenvalue weighted by molar-refractivity contribution is -0.138. The van der Waals surface area contributed by atoms with E-state index in [0.29, 0.717) is 17.0 Å². The number of anilines is 1. The Bertz CT molecular complexity index is 1640. The summed E-state index contributed by atoms with van der Waals surface area (Å²) in [6.07, 6.45) is -1.93. The first-order valence-corrected chi connectivity index (χ1v) is 15.4. The van der Waals surface area contributed by atoms with Crippen molar-refractivity contribution in [2.45, 2.75) is 36.9 Å². The molecule has 228 valence electrons. The first-order valence-electron chi connectivity index (χ1n) is 13.2. The summed E-state index contributed by atoms with van der Waals surface area (Å²) in [5, 5.41) is 15.1. The molecule has 3 aromatic carbocycles.